The average molecular weight is 286 g/mol. The summed E-state index contributed by atoms with van der Waals surface area (Å²) in [6.45, 7) is 1.99. The number of carbonyl (C=O) groups is 1. The zero-order chi connectivity index (χ0) is 14.1. The summed E-state index contributed by atoms with van der Waals surface area (Å²) in [7, 11) is 0. The number of rotatable bonds is 0. The van der Waals surface area contributed by atoms with Crippen molar-refractivity contribution in [2.45, 2.75) is 13.5 Å². The summed E-state index contributed by atoms with van der Waals surface area (Å²) in [5, 5.41) is 0.205. The van der Waals surface area contributed by atoms with E-state index in [1.165, 1.54) is 0 Å². The first-order chi connectivity index (χ1) is 9.65. The second-order valence-corrected chi connectivity index (χ2v) is 4.88. The van der Waals surface area contributed by atoms with Crippen molar-refractivity contribution in [3.63, 3.8) is 0 Å². The molecule has 0 unspecified atom stereocenters. The first kappa shape index (κ1) is 12.8. The fourth-order valence-corrected chi connectivity index (χ4v) is 2.38. The number of carbonyl (C=O) groups excluding carboxylic acids is 1. The molecule has 3 rings (SSSR count). The molecule has 0 saturated carbocycles. The van der Waals surface area contributed by atoms with Gasteiger partial charge in [-0.25, -0.2) is 9.97 Å². The molecule has 0 bridgehead atoms. The summed E-state index contributed by atoms with van der Waals surface area (Å²) in [6, 6.07) is 7.76. The van der Waals surface area contributed by atoms with Crippen LogP contribution >= 0.6 is 11.6 Å². The van der Waals surface area contributed by atoms with Gasteiger partial charge in [-0.05, 0) is 29.3 Å². The number of para-hydroxylation sites is 1. The predicted molar refractivity (Wildman–Crippen MR) is 79.3 cm³/mol. The maximum Gasteiger partial charge on any atom is 0.224 e. The van der Waals surface area contributed by atoms with E-state index >= 15 is 0 Å². The summed E-state index contributed by atoms with van der Waals surface area (Å²) in [6.07, 6.45) is 5.50. The Kier molecular flexibility index (Phi) is 3.24. The molecule has 1 aliphatic rings. The van der Waals surface area contributed by atoms with Crippen LogP contribution in [0.5, 0.6) is 0 Å². The summed E-state index contributed by atoms with van der Waals surface area (Å²) in [4.78, 5) is 21.9. The van der Waals surface area contributed by atoms with Crippen LogP contribution in [0.3, 0.4) is 0 Å². The molecular weight excluding hydrogens is 274 g/mol. The largest absolute Gasteiger partial charge is 0.308 e. The fraction of sp³-hybridized carbons (Fsp3) is 0.133. The number of halogens is 1. The first-order valence-electron chi connectivity index (χ1n) is 6.22. The highest BCUT2D eigenvalue weighted by molar-refractivity contribution is 6.28. The molecule has 1 amide bonds. The first-order valence-corrected chi connectivity index (χ1v) is 6.59. The highest BCUT2D eigenvalue weighted by Gasteiger charge is 2.18. The molecule has 1 aromatic heterocycles. The van der Waals surface area contributed by atoms with Crippen molar-refractivity contribution < 1.29 is 4.79 Å². The Balaban J connectivity index is 2.19. The molecule has 4 nitrogen and oxygen atoms in total. The minimum atomic E-state index is -0.0198. The molecule has 0 fully saturated rings. The number of fused-ring (bicyclic) bond motifs is 2. The Morgan fingerprint density at radius 1 is 1.30 bits per heavy atom. The zero-order valence-electron chi connectivity index (χ0n) is 10.9. The smallest absolute Gasteiger partial charge is 0.224 e. The lowest BCUT2D eigenvalue weighted by Crippen LogP contribution is -2.29. The lowest BCUT2D eigenvalue weighted by atomic mass is 10.1. The fourth-order valence-electron chi connectivity index (χ4n) is 2.24. The number of hydrogen-bond acceptors (Lipinski definition) is 3. The predicted octanol–water partition coefficient (Wildman–Crippen LogP) is 3.17. The van der Waals surface area contributed by atoms with Gasteiger partial charge in [0.2, 0.25) is 11.2 Å². The quantitative estimate of drug-likeness (QED) is 0.699. The normalized spacial score (nSPS) is 14.8. The molecule has 100 valence electrons. The maximum atomic E-state index is 11.9. The van der Waals surface area contributed by atoms with Gasteiger partial charge in [0.1, 0.15) is 0 Å². The lowest BCUT2D eigenvalue weighted by Gasteiger charge is -2.25. The van der Waals surface area contributed by atoms with Gasteiger partial charge in [0, 0.05) is 18.7 Å². The zero-order valence-corrected chi connectivity index (χ0v) is 11.6. The number of hydrogen-bond donors (Lipinski definition) is 0. The average Bonchev–Trinajstić information content (AvgIpc) is 2.42. The van der Waals surface area contributed by atoms with E-state index in [9.17, 15) is 4.79 Å². The molecule has 2 aromatic rings. The third kappa shape index (κ3) is 2.30. The van der Waals surface area contributed by atoms with Crippen molar-refractivity contribution in [2.24, 2.45) is 0 Å². The number of anilines is 1. The van der Waals surface area contributed by atoms with Crippen LogP contribution in [0.1, 0.15) is 23.7 Å². The van der Waals surface area contributed by atoms with E-state index in [4.69, 9.17) is 11.6 Å². The minimum absolute atomic E-state index is 0.0198. The number of nitrogens with zero attached hydrogens (tertiary/aromatic N) is 3. The molecule has 0 saturated heterocycles. The van der Waals surface area contributed by atoms with Crippen molar-refractivity contribution in [2.75, 3.05) is 4.90 Å². The molecule has 0 N–H and O–H groups in total. The van der Waals surface area contributed by atoms with Crippen LogP contribution in [0.15, 0.2) is 30.5 Å². The minimum Gasteiger partial charge on any atom is -0.308 e. The Bertz CT molecular complexity index is 712. The highest BCUT2D eigenvalue weighted by Crippen LogP contribution is 2.28. The topological polar surface area (TPSA) is 46.1 Å². The Hall–Kier alpha value is -2.20. The van der Waals surface area contributed by atoms with Crippen LogP contribution in [-0.4, -0.2) is 15.9 Å². The van der Waals surface area contributed by atoms with E-state index in [1.807, 2.05) is 36.4 Å². The van der Waals surface area contributed by atoms with E-state index in [-0.39, 0.29) is 11.2 Å². The van der Waals surface area contributed by atoms with Crippen LogP contribution < -0.4 is 4.90 Å². The molecule has 1 aromatic carbocycles. The molecular formula is C15H12ClN3O. The van der Waals surface area contributed by atoms with E-state index < -0.39 is 0 Å². The van der Waals surface area contributed by atoms with Crippen LogP contribution in [0, 0.1) is 0 Å². The molecule has 0 spiro atoms. The van der Waals surface area contributed by atoms with Crippen molar-refractivity contribution in [1.29, 1.82) is 0 Å². The SMILES string of the molecule is CC(=O)N1Cc2cnc(Cl)nc2/C=C\c2ccccc21. The van der Waals surface area contributed by atoms with Gasteiger partial charge in [0.15, 0.2) is 0 Å². The van der Waals surface area contributed by atoms with Gasteiger partial charge in [-0.1, -0.05) is 24.3 Å². The summed E-state index contributed by atoms with van der Waals surface area (Å²) in [5.74, 6) is -0.0198. The van der Waals surface area contributed by atoms with E-state index in [0.29, 0.717) is 6.54 Å². The number of benzene rings is 1. The van der Waals surface area contributed by atoms with Crippen molar-refractivity contribution >= 4 is 35.3 Å². The lowest BCUT2D eigenvalue weighted by molar-refractivity contribution is -0.116. The van der Waals surface area contributed by atoms with E-state index in [0.717, 1.165) is 22.5 Å². The monoisotopic (exact) mass is 285 g/mol. The van der Waals surface area contributed by atoms with Gasteiger partial charge < -0.3 is 4.90 Å². The van der Waals surface area contributed by atoms with Crippen LogP contribution in [0.4, 0.5) is 5.69 Å². The highest BCUT2D eigenvalue weighted by atomic mass is 35.5. The molecule has 0 aliphatic carbocycles. The molecule has 5 heteroatoms. The standard InChI is InChI=1S/C15H12ClN3O/c1-10(20)19-9-12-8-17-15(16)18-13(12)7-6-11-4-2-3-5-14(11)19/h2-8H,9H2,1H3/b7-6-. The van der Waals surface area contributed by atoms with E-state index in [2.05, 4.69) is 9.97 Å². The van der Waals surface area contributed by atoms with Gasteiger partial charge >= 0.3 is 0 Å². The molecule has 1 aliphatic heterocycles. The Morgan fingerprint density at radius 3 is 2.90 bits per heavy atom. The molecule has 20 heavy (non-hydrogen) atoms. The second-order valence-electron chi connectivity index (χ2n) is 4.55. The van der Waals surface area contributed by atoms with Crippen molar-refractivity contribution in [3.05, 3.63) is 52.6 Å². The van der Waals surface area contributed by atoms with Gasteiger partial charge in [0.25, 0.3) is 0 Å². The summed E-state index contributed by atoms with van der Waals surface area (Å²) < 4.78 is 0. The van der Waals surface area contributed by atoms with Crippen molar-refractivity contribution in [1.82, 2.24) is 9.97 Å². The molecule has 0 radical (unpaired) electrons. The Morgan fingerprint density at radius 2 is 2.10 bits per heavy atom. The van der Waals surface area contributed by atoms with Crippen LogP contribution in [-0.2, 0) is 11.3 Å². The van der Waals surface area contributed by atoms with Gasteiger partial charge in [-0.15, -0.1) is 0 Å². The summed E-state index contributed by atoms with van der Waals surface area (Å²) >= 11 is 5.83. The summed E-state index contributed by atoms with van der Waals surface area (Å²) in [5.41, 5.74) is 3.47. The number of aromatic nitrogens is 2. The maximum absolute atomic E-state index is 11.9. The van der Waals surface area contributed by atoms with Crippen LogP contribution in [0.2, 0.25) is 5.28 Å². The van der Waals surface area contributed by atoms with Crippen LogP contribution in [0.25, 0.3) is 12.2 Å². The molecule has 2 heterocycles. The Labute approximate surface area is 121 Å². The van der Waals surface area contributed by atoms with Crippen molar-refractivity contribution in [3.8, 4) is 0 Å². The molecule has 0 atom stereocenters. The number of amides is 1. The van der Waals surface area contributed by atoms with Gasteiger partial charge in [0.05, 0.1) is 17.9 Å². The second kappa shape index (κ2) is 5.06. The third-order valence-electron chi connectivity index (χ3n) is 3.23. The van der Waals surface area contributed by atoms with Gasteiger partial charge in [-0.2, -0.15) is 0 Å². The third-order valence-corrected chi connectivity index (χ3v) is 3.41. The van der Waals surface area contributed by atoms with E-state index in [1.54, 1.807) is 18.0 Å². The van der Waals surface area contributed by atoms with Gasteiger partial charge in [-0.3, -0.25) is 4.79 Å².